The first kappa shape index (κ1) is 15.9. The molecule has 0 spiro atoms. The highest BCUT2D eigenvalue weighted by Crippen LogP contribution is 2.37. The highest BCUT2D eigenvalue weighted by atomic mass is 35.5. The van der Waals surface area contributed by atoms with Gasteiger partial charge in [-0.15, -0.1) is 0 Å². The molecule has 0 aliphatic carbocycles. The summed E-state index contributed by atoms with van der Waals surface area (Å²) in [5.41, 5.74) is 1.04. The maximum absolute atomic E-state index is 12.5. The molecule has 0 aromatic heterocycles. The molecule has 1 saturated heterocycles. The summed E-state index contributed by atoms with van der Waals surface area (Å²) in [6, 6.07) is 11.1. The summed E-state index contributed by atoms with van der Waals surface area (Å²) in [5.74, 6) is -0.470. The maximum atomic E-state index is 12.5. The minimum Gasteiger partial charge on any atom is -0.506 e. The standard InChI is InChI=1S/C16H9Cl2NO3S/c17-10-2-1-3-11(8-10)19-15(21)14(23-16(19)22)7-9-4-5-13(20)12(18)6-9/h1-8,20H/b14-7+. The van der Waals surface area contributed by atoms with Crippen molar-refractivity contribution in [2.75, 3.05) is 4.90 Å². The molecule has 1 aliphatic heterocycles. The highest BCUT2D eigenvalue weighted by Gasteiger charge is 2.36. The smallest absolute Gasteiger partial charge is 0.298 e. The van der Waals surface area contributed by atoms with Crippen molar-refractivity contribution in [2.24, 2.45) is 0 Å². The average Bonchev–Trinajstić information content (AvgIpc) is 2.77. The van der Waals surface area contributed by atoms with E-state index in [2.05, 4.69) is 0 Å². The Labute approximate surface area is 146 Å². The molecule has 0 saturated carbocycles. The molecule has 4 nitrogen and oxygen atoms in total. The van der Waals surface area contributed by atoms with Crippen molar-refractivity contribution in [3.8, 4) is 5.75 Å². The van der Waals surface area contributed by atoms with E-state index in [1.807, 2.05) is 0 Å². The molecular formula is C16H9Cl2NO3S. The van der Waals surface area contributed by atoms with Gasteiger partial charge < -0.3 is 5.11 Å². The van der Waals surface area contributed by atoms with Gasteiger partial charge in [-0.25, -0.2) is 4.90 Å². The first-order valence-corrected chi connectivity index (χ1v) is 8.05. The van der Waals surface area contributed by atoms with E-state index in [9.17, 15) is 14.7 Å². The number of phenolic OH excluding ortho intramolecular Hbond substituents is 1. The number of amides is 2. The summed E-state index contributed by atoms with van der Waals surface area (Å²) >= 11 is 12.6. The summed E-state index contributed by atoms with van der Waals surface area (Å²) in [6.45, 7) is 0. The summed E-state index contributed by atoms with van der Waals surface area (Å²) < 4.78 is 0. The Hall–Kier alpha value is -1.95. The van der Waals surface area contributed by atoms with E-state index in [1.54, 1.807) is 36.4 Å². The Morgan fingerprint density at radius 3 is 2.57 bits per heavy atom. The van der Waals surface area contributed by atoms with Gasteiger partial charge in [-0.2, -0.15) is 0 Å². The predicted octanol–water partition coefficient (Wildman–Crippen LogP) is 4.94. The van der Waals surface area contributed by atoms with Crippen LogP contribution in [0, 0.1) is 0 Å². The fourth-order valence-electron chi connectivity index (χ4n) is 2.07. The van der Waals surface area contributed by atoms with E-state index in [1.165, 1.54) is 12.1 Å². The van der Waals surface area contributed by atoms with Crippen LogP contribution in [0.5, 0.6) is 5.75 Å². The Balaban J connectivity index is 1.94. The Bertz CT molecular complexity index is 851. The largest absolute Gasteiger partial charge is 0.506 e. The number of phenols is 1. The van der Waals surface area contributed by atoms with Gasteiger partial charge in [0.25, 0.3) is 11.1 Å². The van der Waals surface area contributed by atoms with Gasteiger partial charge in [0.15, 0.2) is 0 Å². The number of anilines is 1. The SMILES string of the molecule is O=C1S/C(=C/c2ccc(O)c(Cl)c2)C(=O)N1c1cccc(Cl)c1. The van der Waals surface area contributed by atoms with Crippen LogP contribution in [0.2, 0.25) is 10.0 Å². The van der Waals surface area contributed by atoms with E-state index in [0.717, 1.165) is 16.7 Å². The van der Waals surface area contributed by atoms with Crippen LogP contribution in [0.25, 0.3) is 6.08 Å². The van der Waals surface area contributed by atoms with Gasteiger partial charge in [0.2, 0.25) is 0 Å². The minimum absolute atomic E-state index is 0.0455. The maximum Gasteiger partial charge on any atom is 0.298 e. The van der Waals surface area contributed by atoms with Crippen LogP contribution in [0.15, 0.2) is 47.4 Å². The molecule has 0 unspecified atom stereocenters. The van der Waals surface area contributed by atoms with Crippen molar-refractivity contribution in [3.05, 3.63) is 63.0 Å². The number of benzene rings is 2. The zero-order valence-electron chi connectivity index (χ0n) is 11.5. The first-order valence-electron chi connectivity index (χ1n) is 6.48. The number of rotatable bonds is 2. The van der Waals surface area contributed by atoms with Crippen LogP contribution in [0.1, 0.15) is 5.56 Å². The number of nitrogens with zero attached hydrogens (tertiary/aromatic N) is 1. The van der Waals surface area contributed by atoms with Crippen LogP contribution < -0.4 is 4.90 Å². The molecule has 7 heteroatoms. The fraction of sp³-hybridized carbons (Fsp3) is 0. The van der Waals surface area contributed by atoms with E-state index < -0.39 is 11.1 Å². The normalized spacial score (nSPS) is 16.4. The van der Waals surface area contributed by atoms with Crippen LogP contribution in [0.3, 0.4) is 0 Å². The number of hydrogen-bond acceptors (Lipinski definition) is 4. The molecule has 0 radical (unpaired) electrons. The molecule has 1 aliphatic rings. The van der Waals surface area contributed by atoms with Gasteiger partial charge in [0.1, 0.15) is 5.75 Å². The van der Waals surface area contributed by atoms with Crippen molar-refractivity contribution in [1.29, 1.82) is 0 Å². The summed E-state index contributed by atoms with van der Waals surface area (Å²) in [6.07, 6.45) is 1.56. The van der Waals surface area contributed by atoms with E-state index >= 15 is 0 Å². The molecule has 116 valence electrons. The lowest BCUT2D eigenvalue weighted by atomic mass is 10.2. The van der Waals surface area contributed by atoms with Crippen LogP contribution in [-0.4, -0.2) is 16.3 Å². The Kier molecular flexibility index (Phi) is 4.35. The van der Waals surface area contributed by atoms with Gasteiger partial charge >= 0.3 is 0 Å². The summed E-state index contributed by atoms with van der Waals surface area (Å²) in [7, 11) is 0. The van der Waals surface area contributed by atoms with E-state index in [4.69, 9.17) is 23.2 Å². The molecule has 1 N–H and O–H groups in total. The van der Waals surface area contributed by atoms with E-state index in [0.29, 0.717) is 16.3 Å². The van der Waals surface area contributed by atoms with Crippen molar-refractivity contribution in [3.63, 3.8) is 0 Å². The zero-order valence-corrected chi connectivity index (χ0v) is 13.8. The molecule has 2 aromatic carbocycles. The molecule has 2 amide bonds. The quantitative estimate of drug-likeness (QED) is 0.765. The van der Waals surface area contributed by atoms with Crippen molar-refractivity contribution < 1.29 is 14.7 Å². The molecule has 1 heterocycles. The van der Waals surface area contributed by atoms with E-state index in [-0.39, 0.29) is 15.7 Å². The van der Waals surface area contributed by atoms with Crippen molar-refractivity contribution in [2.45, 2.75) is 0 Å². The molecule has 0 bridgehead atoms. The number of carbonyl (C=O) groups excluding carboxylic acids is 2. The van der Waals surface area contributed by atoms with Crippen molar-refractivity contribution >= 4 is 57.9 Å². The second kappa shape index (κ2) is 6.28. The van der Waals surface area contributed by atoms with Gasteiger partial charge in [-0.1, -0.05) is 35.3 Å². The fourth-order valence-corrected chi connectivity index (χ4v) is 3.28. The number of aromatic hydroxyl groups is 1. The van der Waals surface area contributed by atoms with Crippen LogP contribution in [-0.2, 0) is 4.79 Å². The number of thioether (sulfide) groups is 1. The first-order chi connectivity index (χ1) is 11.0. The van der Waals surface area contributed by atoms with Gasteiger partial charge in [0, 0.05) is 5.02 Å². The molecule has 0 atom stereocenters. The highest BCUT2D eigenvalue weighted by molar-refractivity contribution is 8.19. The minimum atomic E-state index is -0.425. The Morgan fingerprint density at radius 2 is 1.87 bits per heavy atom. The third kappa shape index (κ3) is 3.22. The van der Waals surface area contributed by atoms with Crippen molar-refractivity contribution in [1.82, 2.24) is 0 Å². The third-order valence-electron chi connectivity index (χ3n) is 3.13. The lowest BCUT2D eigenvalue weighted by Gasteiger charge is -2.12. The monoisotopic (exact) mass is 365 g/mol. The number of carbonyl (C=O) groups is 2. The number of imide groups is 1. The molecule has 1 fully saturated rings. The predicted molar refractivity (Wildman–Crippen MR) is 93.0 cm³/mol. The van der Waals surface area contributed by atoms with Gasteiger partial charge in [-0.05, 0) is 53.7 Å². The Morgan fingerprint density at radius 1 is 1.09 bits per heavy atom. The topological polar surface area (TPSA) is 57.6 Å². The number of halogens is 2. The van der Waals surface area contributed by atoms with Gasteiger partial charge in [-0.3, -0.25) is 9.59 Å². The lowest BCUT2D eigenvalue weighted by molar-refractivity contribution is -0.113. The number of hydrogen-bond donors (Lipinski definition) is 1. The molecule has 23 heavy (non-hydrogen) atoms. The second-order valence-electron chi connectivity index (χ2n) is 4.71. The summed E-state index contributed by atoms with van der Waals surface area (Å²) in [4.78, 5) is 26.0. The second-order valence-corrected chi connectivity index (χ2v) is 6.54. The third-order valence-corrected chi connectivity index (χ3v) is 4.54. The van der Waals surface area contributed by atoms with Crippen LogP contribution >= 0.6 is 35.0 Å². The molecular weight excluding hydrogens is 357 g/mol. The zero-order chi connectivity index (χ0) is 16.6. The molecule has 2 aromatic rings. The summed E-state index contributed by atoms with van der Waals surface area (Å²) in [5, 5.41) is 9.64. The lowest BCUT2D eigenvalue weighted by Crippen LogP contribution is -2.27. The molecule has 3 rings (SSSR count). The average molecular weight is 366 g/mol. The van der Waals surface area contributed by atoms with Gasteiger partial charge in [0.05, 0.1) is 15.6 Å². The van der Waals surface area contributed by atoms with Crippen LogP contribution in [0.4, 0.5) is 10.5 Å².